The molecule has 0 fully saturated rings. The smallest absolute Gasteiger partial charge is 0.257 e. The van der Waals surface area contributed by atoms with Crippen LogP contribution >= 0.6 is 0 Å². The second-order valence-corrected chi connectivity index (χ2v) is 7.70. The number of rotatable bonds is 5. The minimum absolute atomic E-state index is 0.268. The molecule has 4 heteroatoms. The highest BCUT2D eigenvalue weighted by atomic mass is 16.2. The molecule has 0 spiro atoms. The Morgan fingerprint density at radius 2 is 1.25 bits per heavy atom. The predicted octanol–water partition coefficient (Wildman–Crippen LogP) is 6.48. The van der Waals surface area contributed by atoms with Crippen molar-refractivity contribution in [2.24, 2.45) is 0 Å². The second-order valence-electron chi connectivity index (χ2n) is 7.70. The summed E-state index contributed by atoms with van der Waals surface area (Å²) in [5, 5.41) is 5.79. The third-order valence-electron chi connectivity index (χ3n) is 5.44. The van der Waals surface area contributed by atoms with E-state index in [0.29, 0.717) is 16.8 Å². The molecule has 0 radical (unpaired) electrons. The summed E-state index contributed by atoms with van der Waals surface area (Å²) < 4.78 is 0. The molecule has 158 valence electrons. The fourth-order valence-corrected chi connectivity index (χ4v) is 3.45. The maximum absolute atomic E-state index is 12.9. The monoisotopic (exact) mass is 420 g/mol. The number of amides is 2. The molecule has 4 aromatic rings. The summed E-state index contributed by atoms with van der Waals surface area (Å²) in [6, 6.07) is 30.2. The molecule has 4 nitrogen and oxygen atoms in total. The minimum Gasteiger partial charge on any atom is -0.322 e. The molecule has 32 heavy (non-hydrogen) atoms. The third-order valence-corrected chi connectivity index (χ3v) is 5.44. The SMILES string of the molecule is Cc1ccc(NC(=O)c2ccccc2NC(=O)c2ccc(-c3ccccc3)cc2)cc1C. The van der Waals surface area contributed by atoms with Crippen LogP contribution in [0.1, 0.15) is 31.8 Å². The summed E-state index contributed by atoms with van der Waals surface area (Å²) in [5.41, 5.74) is 6.50. The lowest BCUT2D eigenvalue weighted by Gasteiger charge is -2.12. The lowest BCUT2D eigenvalue weighted by molar-refractivity contribution is 0.102. The van der Waals surface area contributed by atoms with Crippen molar-refractivity contribution in [3.63, 3.8) is 0 Å². The zero-order chi connectivity index (χ0) is 22.5. The van der Waals surface area contributed by atoms with Gasteiger partial charge in [-0.3, -0.25) is 9.59 Å². The first-order valence-corrected chi connectivity index (χ1v) is 10.5. The fraction of sp³-hybridized carbons (Fsp3) is 0.0714. The van der Waals surface area contributed by atoms with Crippen molar-refractivity contribution in [2.75, 3.05) is 10.6 Å². The number of benzene rings is 4. The van der Waals surface area contributed by atoms with Gasteiger partial charge in [0, 0.05) is 11.3 Å². The van der Waals surface area contributed by atoms with Gasteiger partial charge in [0.25, 0.3) is 11.8 Å². The summed E-state index contributed by atoms with van der Waals surface area (Å²) in [5.74, 6) is -0.542. The molecule has 0 aromatic heterocycles. The van der Waals surface area contributed by atoms with Crippen LogP contribution in [-0.4, -0.2) is 11.8 Å². The van der Waals surface area contributed by atoms with Crippen LogP contribution in [0.2, 0.25) is 0 Å². The van der Waals surface area contributed by atoms with E-state index in [1.807, 2.05) is 74.5 Å². The van der Waals surface area contributed by atoms with E-state index < -0.39 is 0 Å². The van der Waals surface area contributed by atoms with E-state index in [2.05, 4.69) is 10.6 Å². The number of aryl methyl sites for hydroxylation is 2. The van der Waals surface area contributed by atoms with Crippen LogP contribution < -0.4 is 10.6 Å². The van der Waals surface area contributed by atoms with E-state index >= 15 is 0 Å². The van der Waals surface area contributed by atoms with Crippen molar-refractivity contribution >= 4 is 23.2 Å². The maximum Gasteiger partial charge on any atom is 0.257 e. The standard InChI is InChI=1S/C28H24N2O2/c1-19-12-17-24(18-20(19)2)29-28(32)25-10-6-7-11-26(25)30-27(31)23-15-13-22(14-16-23)21-8-4-3-5-9-21/h3-18H,1-2H3,(H,29,32)(H,30,31). The van der Waals surface area contributed by atoms with Gasteiger partial charge in [-0.25, -0.2) is 0 Å². The first kappa shape index (κ1) is 21.1. The van der Waals surface area contributed by atoms with Gasteiger partial charge < -0.3 is 10.6 Å². The van der Waals surface area contributed by atoms with Crippen LogP contribution in [0.15, 0.2) is 97.1 Å². The Kier molecular flexibility index (Phi) is 6.13. The molecule has 4 aromatic carbocycles. The molecule has 0 heterocycles. The Hall–Kier alpha value is -4.18. The van der Waals surface area contributed by atoms with Crippen LogP contribution in [0.3, 0.4) is 0 Å². The number of carbonyl (C=O) groups excluding carboxylic acids is 2. The average Bonchev–Trinajstić information content (AvgIpc) is 2.82. The molecule has 0 saturated heterocycles. The lowest BCUT2D eigenvalue weighted by atomic mass is 10.0. The molecule has 2 amide bonds. The number of hydrogen-bond acceptors (Lipinski definition) is 2. The zero-order valence-electron chi connectivity index (χ0n) is 18.1. The molecule has 4 rings (SSSR count). The highest BCUT2D eigenvalue weighted by Crippen LogP contribution is 2.22. The van der Waals surface area contributed by atoms with E-state index in [1.54, 1.807) is 36.4 Å². The summed E-state index contributed by atoms with van der Waals surface area (Å²) in [6.45, 7) is 4.03. The Balaban J connectivity index is 1.50. The fourth-order valence-electron chi connectivity index (χ4n) is 3.45. The van der Waals surface area contributed by atoms with E-state index in [9.17, 15) is 9.59 Å². The molecule has 0 atom stereocenters. The highest BCUT2D eigenvalue weighted by Gasteiger charge is 2.15. The molecular weight excluding hydrogens is 396 g/mol. The molecule has 0 unspecified atom stereocenters. The lowest BCUT2D eigenvalue weighted by Crippen LogP contribution is -2.18. The largest absolute Gasteiger partial charge is 0.322 e. The van der Waals surface area contributed by atoms with Crippen molar-refractivity contribution in [3.8, 4) is 11.1 Å². The van der Waals surface area contributed by atoms with Gasteiger partial charge >= 0.3 is 0 Å². The number of para-hydroxylation sites is 1. The number of carbonyl (C=O) groups is 2. The molecule has 0 saturated carbocycles. The van der Waals surface area contributed by atoms with E-state index in [-0.39, 0.29) is 11.8 Å². The summed E-state index contributed by atoms with van der Waals surface area (Å²) >= 11 is 0. The molecule has 0 aliphatic heterocycles. The summed E-state index contributed by atoms with van der Waals surface area (Å²) in [6.07, 6.45) is 0. The summed E-state index contributed by atoms with van der Waals surface area (Å²) in [7, 11) is 0. The topological polar surface area (TPSA) is 58.2 Å². The zero-order valence-corrected chi connectivity index (χ0v) is 18.1. The molecule has 0 aliphatic rings. The first-order valence-electron chi connectivity index (χ1n) is 10.5. The van der Waals surface area contributed by atoms with Crippen molar-refractivity contribution in [1.29, 1.82) is 0 Å². The maximum atomic E-state index is 12.9. The van der Waals surface area contributed by atoms with Crippen LogP contribution in [0.4, 0.5) is 11.4 Å². The van der Waals surface area contributed by atoms with Gasteiger partial charge in [-0.2, -0.15) is 0 Å². The van der Waals surface area contributed by atoms with Crippen molar-refractivity contribution < 1.29 is 9.59 Å². The van der Waals surface area contributed by atoms with Gasteiger partial charge in [-0.1, -0.05) is 60.7 Å². The van der Waals surface area contributed by atoms with E-state index in [0.717, 1.165) is 27.9 Å². The Morgan fingerprint density at radius 3 is 1.97 bits per heavy atom. The van der Waals surface area contributed by atoms with Gasteiger partial charge in [-0.05, 0) is 72.5 Å². The van der Waals surface area contributed by atoms with Crippen LogP contribution in [0.5, 0.6) is 0 Å². The molecule has 0 aliphatic carbocycles. The van der Waals surface area contributed by atoms with Crippen molar-refractivity contribution in [3.05, 3.63) is 119 Å². The van der Waals surface area contributed by atoms with Crippen LogP contribution in [-0.2, 0) is 0 Å². The normalized spacial score (nSPS) is 10.4. The average molecular weight is 421 g/mol. The third kappa shape index (κ3) is 4.76. The Bertz CT molecular complexity index is 1260. The van der Waals surface area contributed by atoms with E-state index in [4.69, 9.17) is 0 Å². The van der Waals surface area contributed by atoms with Crippen LogP contribution in [0, 0.1) is 13.8 Å². The second kappa shape index (κ2) is 9.31. The molecule has 0 bridgehead atoms. The van der Waals surface area contributed by atoms with Crippen LogP contribution in [0.25, 0.3) is 11.1 Å². The molecule has 2 N–H and O–H groups in total. The van der Waals surface area contributed by atoms with E-state index in [1.165, 1.54) is 0 Å². The van der Waals surface area contributed by atoms with Gasteiger partial charge in [-0.15, -0.1) is 0 Å². The minimum atomic E-state index is -0.274. The Labute approximate surface area is 187 Å². The van der Waals surface area contributed by atoms with Crippen molar-refractivity contribution in [2.45, 2.75) is 13.8 Å². The highest BCUT2D eigenvalue weighted by molar-refractivity contribution is 6.12. The Morgan fingerprint density at radius 1 is 0.594 bits per heavy atom. The number of nitrogens with one attached hydrogen (secondary N) is 2. The molecular formula is C28H24N2O2. The van der Waals surface area contributed by atoms with Gasteiger partial charge in [0.2, 0.25) is 0 Å². The van der Waals surface area contributed by atoms with Gasteiger partial charge in [0.15, 0.2) is 0 Å². The quantitative estimate of drug-likeness (QED) is 0.388. The van der Waals surface area contributed by atoms with Gasteiger partial charge in [0.05, 0.1) is 11.3 Å². The predicted molar refractivity (Wildman–Crippen MR) is 130 cm³/mol. The first-order chi connectivity index (χ1) is 15.5. The van der Waals surface area contributed by atoms with Gasteiger partial charge in [0.1, 0.15) is 0 Å². The summed E-state index contributed by atoms with van der Waals surface area (Å²) in [4.78, 5) is 25.7. The van der Waals surface area contributed by atoms with Crippen molar-refractivity contribution in [1.82, 2.24) is 0 Å². The number of anilines is 2. The number of hydrogen-bond donors (Lipinski definition) is 2.